The van der Waals surface area contributed by atoms with Crippen molar-refractivity contribution in [3.8, 4) is 0 Å². The van der Waals surface area contributed by atoms with Gasteiger partial charge in [0, 0.05) is 6.04 Å². The molecular weight excluding hydrogens is 252 g/mol. The Bertz CT molecular complexity index is 497. The van der Waals surface area contributed by atoms with Gasteiger partial charge in [-0.25, -0.2) is 4.79 Å². The van der Waals surface area contributed by atoms with E-state index in [1.54, 1.807) is 18.2 Å². The van der Waals surface area contributed by atoms with Crippen molar-refractivity contribution in [1.29, 1.82) is 0 Å². The Balaban J connectivity index is 2.14. The third kappa shape index (κ3) is 3.44. The van der Waals surface area contributed by atoms with Gasteiger partial charge in [0.25, 0.3) is 0 Å². The Labute approximate surface area is 120 Å². The van der Waals surface area contributed by atoms with Gasteiger partial charge in [-0.05, 0) is 42.9 Å². The first kappa shape index (κ1) is 14.7. The molecule has 0 heterocycles. The van der Waals surface area contributed by atoms with Gasteiger partial charge in [-0.2, -0.15) is 0 Å². The molecule has 1 unspecified atom stereocenters. The first-order valence-electron chi connectivity index (χ1n) is 7.16. The minimum atomic E-state index is -0.336. The normalized spacial score (nSPS) is 21.2. The molecule has 0 saturated heterocycles. The van der Waals surface area contributed by atoms with Gasteiger partial charge >= 0.3 is 5.97 Å². The summed E-state index contributed by atoms with van der Waals surface area (Å²) >= 11 is 0. The zero-order chi connectivity index (χ0) is 14.8. The van der Waals surface area contributed by atoms with Crippen molar-refractivity contribution in [2.75, 3.05) is 18.2 Å². The molecule has 4 heteroatoms. The fraction of sp³-hybridized carbons (Fsp3) is 0.562. The van der Waals surface area contributed by atoms with E-state index in [9.17, 15) is 4.79 Å². The monoisotopic (exact) mass is 276 g/mol. The number of methoxy groups -OCH3 is 1. The van der Waals surface area contributed by atoms with Gasteiger partial charge in [-0.3, -0.25) is 0 Å². The zero-order valence-corrected chi connectivity index (χ0v) is 12.5. The second kappa shape index (κ2) is 5.73. The summed E-state index contributed by atoms with van der Waals surface area (Å²) < 4.78 is 4.75. The van der Waals surface area contributed by atoms with Gasteiger partial charge in [0.1, 0.15) is 0 Å². The molecule has 0 radical (unpaired) electrons. The standard InChI is InChI=1S/C16H24N2O2/c1-16(2)8-4-5-12(10-16)18-14-9-11(15(19)20-3)6-7-13(14)17/h6-7,9,12,18H,4-5,8,10,17H2,1-3H3. The quantitative estimate of drug-likeness (QED) is 0.655. The first-order chi connectivity index (χ1) is 9.41. The molecule has 1 saturated carbocycles. The number of hydrogen-bond donors (Lipinski definition) is 2. The van der Waals surface area contributed by atoms with Crippen molar-refractivity contribution in [3.05, 3.63) is 23.8 Å². The predicted molar refractivity (Wildman–Crippen MR) is 81.9 cm³/mol. The third-order valence-corrected chi connectivity index (χ3v) is 4.04. The Kier molecular flexibility index (Phi) is 4.21. The summed E-state index contributed by atoms with van der Waals surface area (Å²) in [6, 6.07) is 5.64. The van der Waals surface area contributed by atoms with E-state index < -0.39 is 0 Å². The fourth-order valence-electron chi connectivity index (χ4n) is 2.97. The third-order valence-electron chi connectivity index (χ3n) is 4.04. The summed E-state index contributed by atoms with van der Waals surface area (Å²) in [7, 11) is 1.38. The number of benzene rings is 1. The number of nitrogens with two attached hydrogens (primary N) is 1. The SMILES string of the molecule is COC(=O)c1ccc(N)c(NC2CCCC(C)(C)C2)c1. The van der Waals surface area contributed by atoms with Gasteiger partial charge in [0.15, 0.2) is 0 Å². The van der Waals surface area contributed by atoms with Crippen LogP contribution < -0.4 is 11.1 Å². The average molecular weight is 276 g/mol. The van der Waals surface area contributed by atoms with Crippen molar-refractivity contribution in [2.45, 2.75) is 45.6 Å². The minimum absolute atomic E-state index is 0.336. The van der Waals surface area contributed by atoms with E-state index >= 15 is 0 Å². The number of ether oxygens (including phenoxy) is 1. The number of rotatable bonds is 3. The maximum Gasteiger partial charge on any atom is 0.337 e. The van der Waals surface area contributed by atoms with Crippen LogP contribution in [0.15, 0.2) is 18.2 Å². The van der Waals surface area contributed by atoms with Crippen LogP contribution in [0.5, 0.6) is 0 Å². The van der Waals surface area contributed by atoms with Crippen LogP contribution in [0.25, 0.3) is 0 Å². The number of anilines is 2. The molecule has 4 nitrogen and oxygen atoms in total. The molecule has 110 valence electrons. The van der Waals surface area contributed by atoms with Crippen molar-refractivity contribution in [2.24, 2.45) is 5.41 Å². The molecule has 0 aromatic heterocycles. The molecular formula is C16H24N2O2. The number of nitrogens with one attached hydrogen (secondary N) is 1. The number of nitrogen functional groups attached to an aromatic ring is 1. The van der Waals surface area contributed by atoms with Gasteiger partial charge in [0.2, 0.25) is 0 Å². The number of carbonyl (C=O) groups is 1. The van der Waals surface area contributed by atoms with Crippen molar-refractivity contribution >= 4 is 17.3 Å². The Hall–Kier alpha value is -1.71. The molecule has 0 amide bonds. The van der Waals surface area contributed by atoms with Crippen LogP contribution in [0.2, 0.25) is 0 Å². The molecule has 1 atom stereocenters. The lowest BCUT2D eigenvalue weighted by molar-refractivity contribution is 0.0601. The smallest absolute Gasteiger partial charge is 0.337 e. The zero-order valence-electron chi connectivity index (χ0n) is 12.5. The highest BCUT2D eigenvalue weighted by Gasteiger charge is 2.28. The van der Waals surface area contributed by atoms with Crippen LogP contribution >= 0.6 is 0 Å². The molecule has 1 aliphatic carbocycles. The summed E-state index contributed by atoms with van der Waals surface area (Å²) in [6.07, 6.45) is 4.75. The van der Waals surface area contributed by atoms with Gasteiger partial charge in [0.05, 0.1) is 24.0 Å². The van der Waals surface area contributed by atoms with E-state index in [1.807, 2.05) is 0 Å². The minimum Gasteiger partial charge on any atom is -0.465 e. The summed E-state index contributed by atoms with van der Waals surface area (Å²) in [5.41, 5.74) is 8.39. The maximum atomic E-state index is 11.6. The second-order valence-electron chi connectivity index (χ2n) is 6.40. The van der Waals surface area contributed by atoms with E-state index in [0.717, 1.165) is 18.5 Å². The van der Waals surface area contributed by atoms with Crippen LogP contribution in [0.4, 0.5) is 11.4 Å². The molecule has 0 bridgehead atoms. The van der Waals surface area contributed by atoms with Crippen molar-refractivity contribution in [3.63, 3.8) is 0 Å². The van der Waals surface area contributed by atoms with Crippen LogP contribution in [0.3, 0.4) is 0 Å². The Morgan fingerprint density at radius 2 is 2.20 bits per heavy atom. The molecule has 0 spiro atoms. The highest BCUT2D eigenvalue weighted by atomic mass is 16.5. The Morgan fingerprint density at radius 1 is 1.45 bits per heavy atom. The number of hydrogen-bond acceptors (Lipinski definition) is 4. The van der Waals surface area contributed by atoms with Crippen molar-refractivity contribution < 1.29 is 9.53 Å². The van der Waals surface area contributed by atoms with E-state index in [4.69, 9.17) is 10.5 Å². The molecule has 3 N–H and O–H groups in total. The van der Waals surface area contributed by atoms with E-state index in [2.05, 4.69) is 19.2 Å². The largest absolute Gasteiger partial charge is 0.465 e. The van der Waals surface area contributed by atoms with Crippen LogP contribution in [-0.4, -0.2) is 19.1 Å². The first-order valence-corrected chi connectivity index (χ1v) is 7.16. The Morgan fingerprint density at radius 3 is 2.85 bits per heavy atom. The number of esters is 1. The van der Waals surface area contributed by atoms with E-state index in [0.29, 0.717) is 22.7 Å². The molecule has 20 heavy (non-hydrogen) atoms. The fourth-order valence-corrected chi connectivity index (χ4v) is 2.97. The van der Waals surface area contributed by atoms with Gasteiger partial charge in [-0.15, -0.1) is 0 Å². The van der Waals surface area contributed by atoms with Crippen molar-refractivity contribution in [1.82, 2.24) is 0 Å². The molecule has 1 aromatic carbocycles. The topological polar surface area (TPSA) is 64.3 Å². The molecule has 2 rings (SSSR count). The molecule has 1 aliphatic rings. The van der Waals surface area contributed by atoms with E-state index in [-0.39, 0.29) is 5.97 Å². The highest BCUT2D eigenvalue weighted by molar-refractivity contribution is 5.92. The van der Waals surface area contributed by atoms with Crippen LogP contribution in [0, 0.1) is 5.41 Å². The number of carbonyl (C=O) groups excluding carboxylic acids is 1. The lowest BCUT2D eigenvalue weighted by Crippen LogP contribution is -2.32. The predicted octanol–water partition coefficient (Wildman–Crippen LogP) is 3.44. The molecule has 1 aromatic rings. The summed E-state index contributed by atoms with van der Waals surface area (Å²) in [5.74, 6) is -0.336. The summed E-state index contributed by atoms with van der Waals surface area (Å²) in [4.78, 5) is 11.6. The average Bonchev–Trinajstić information content (AvgIpc) is 2.39. The van der Waals surface area contributed by atoms with Crippen LogP contribution in [-0.2, 0) is 4.74 Å². The maximum absolute atomic E-state index is 11.6. The lowest BCUT2D eigenvalue weighted by Gasteiger charge is -2.36. The van der Waals surface area contributed by atoms with E-state index in [1.165, 1.54) is 20.0 Å². The van der Waals surface area contributed by atoms with Crippen LogP contribution in [0.1, 0.15) is 49.9 Å². The van der Waals surface area contributed by atoms with Gasteiger partial charge in [-0.1, -0.05) is 20.3 Å². The van der Waals surface area contributed by atoms with Gasteiger partial charge < -0.3 is 15.8 Å². The summed E-state index contributed by atoms with van der Waals surface area (Å²) in [6.45, 7) is 4.60. The molecule has 0 aliphatic heterocycles. The summed E-state index contributed by atoms with van der Waals surface area (Å²) in [5, 5.41) is 3.49. The second-order valence-corrected chi connectivity index (χ2v) is 6.40. The highest BCUT2D eigenvalue weighted by Crippen LogP contribution is 2.37. The lowest BCUT2D eigenvalue weighted by atomic mass is 9.75. The molecule has 1 fully saturated rings.